The number of anilines is 1. The molecule has 1 aliphatic heterocycles. The molecule has 1 aromatic heterocycles. The maximum atomic E-state index is 12.6. The van der Waals surface area contributed by atoms with Gasteiger partial charge in [0.15, 0.2) is 6.23 Å². The Kier molecular flexibility index (Phi) is 4.90. The highest BCUT2D eigenvalue weighted by Gasteiger charge is 2.41. The summed E-state index contributed by atoms with van der Waals surface area (Å²) >= 11 is 3.13. The molecule has 1 saturated heterocycles. The molecule has 0 radical (unpaired) electrons. The molecule has 0 spiro atoms. The van der Waals surface area contributed by atoms with Crippen LogP contribution >= 0.6 is 27.3 Å². The lowest BCUT2D eigenvalue weighted by molar-refractivity contribution is -0.146. The monoisotopic (exact) mass is 402 g/mol. The standard InChI is InChI=1S/C10H10BrF3N4O3S/c1-17-3-2-5(21-6(19)4-11)18(9(17)20)8-16-15-7(22-8)10(12,13)14/h5H,2-4H2,1H3. The lowest BCUT2D eigenvalue weighted by Gasteiger charge is -2.37. The van der Waals surface area contributed by atoms with Gasteiger partial charge in [0, 0.05) is 20.0 Å². The van der Waals surface area contributed by atoms with Crippen LogP contribution in [0.5, 0.6) is 0 Å². The van der Waals surface area contributed by atoms with Gasteiger partial charge in [0.1, 0.15) is 5.33 Å². The van der Waals surface area contributed by atoms with Crippen LogP contribution in [0.15, 0.2) is 0 Å². The highest BCUT2D eigenvalue weighted by Crippen LogP contribution is 2.36. The fourth-order valence-electron chi connectivity index (χ4n) is 1.76. The molecule has 1 unspecified atom stereocenters. The molecule has 2 heterocycles. The van der Waals surface area contributed by atoms with Gasteiger partial charge in [-0.25, -0.2) is 9.69 Å². The SMILES string of the molecule is CN1CCC(OC(=O)CBr)N(c2nnc(C(F)(F)F)s2)C1=O. The van der Waals surface area contributed by atoms with Gasteiger partial charge in [-0.2, -0.15) is 13.2 Å². The van der Waals surface area contributed by atoms with Crippen molar-refractivity contribution in [3.63, 3.8) is 0 Å². The number of nitrogens with zero attached hydrogens (tertiary/aromatic N) is 4. The molecule has 2 rings (SSSR count). The van der Waals surface area contributed by atoms with E-state index in [9.17, 15) is 22.8 Å². The van der Waals surface area contributed by atoms with Gasteiger partial charge in [-0.05, 0) is 0 Å². The molecule has 7 nitrogen and oxygen atoms in total. The van der Waals surface area contributed by atoms with Crippen LogP contribution in [0.4, 0.5) is 23.1 Å². The molecule has 0 aromatic carbocycles. The Morgan fingerprint density at radius 2 is 2.18 bits per heavy atom. The highest BCUT2D eigenvalue weighted by molar-refractivity contribution is 9.09. The fourth-order valence-corrected chi connectivity index (χ4v) is 2.64. The van der Waals surface area contributed by atoms with Gasteiger partial charge in [0.05, 0.1) is 0 Å². The number of halogens is 4. The Bertz CT molecular complexity index is 582. The van der Waals surface area contributed by atoms with Crippen LogP contribution in [-0.2, 0) is 15.7 Å². The fraction of sp³-hybridized carbons (Fsp3) is 0.600. The molecular formula is C10H10BrF3N4O3S. The molecule has 1 aromatic rings. The summed E-state index contributed by atoms with van der Waals surface area (Å²) in [6, 6.07) is -0.608. The van der Waals surface area contributed by atoms with E-state index in [0.29, 0.717) is 6.54 Å². The van der Waals surface area contributed by atoms with E-state index >= 15 is 0 Å². The second-order valence-corrected chi connectivity index (χ2v) is 5.85. The zero-order valence-electron chi connectivity index (χ0n) is 11.1. The predicted molar refractivity (Wildman–Crippen MR) is 73.7 cm³/mol. The van der Waals surface area contributed by atoms with Gasteiger partial charge in [-0.1, -0.05) is 27.3 Å². The molecule has 1 aliphatic rings. The van der Waals surface area contributed by atoms with Crippen LogP contribution in [0.2, 0.25) is 0 Å². The van der Waals surface area contributed by atoms with E-state index in [4.69, 9.17) is 4.74 Å². The summed E-state index contributed by atoms with van der Waals surface area (Å²) in [7, 11) is 1.49. The first-order chi connectivity index (χ1) is 10.2. The molecule has 0 aliphatic carbocycles. The number of rotatable bonds is 3. The number of hydrogen-bond acceptors (Lipinski definition) is 6. The first-order valence-electron chi connectivity index (χ1n) is 5.94. The summed E-state index contributed by atoms with van der Waals surface area (Å²) in [5, 5.41) is 4.90. The summed E-state index contributed by atoms with van der Waals surface area (Å²) in [6.45, 7) is 0.306. The number of carbonyl (C=O) groups excluding carboxylic acids is 2. The minimum absolute atomic E-state index is 0.0920. The van der Waals surface area contributed by atoms with Crippen LogP contribution in [-0.4, -0.2) is 52.2 Å². The summed E-state index contributed by atoms with van der Waals surface area (Å²) in [6.07, 6.45) is -5.41. The van der Waals surface area contributed by atoms with E-state index in [1.54, 1.807) is 0 Å². The van der Waals surface area contributed by atoms with Crippen molar-refractivity contribution in [2.75, 3.05) is 23.8 Å². The number of urea groups is 1. The van der Waals surface area contributed by atoms with E-state index in [1.807, 2.05) is 0 Å². The summed E-state index contributed by atoms with van der Waals surface area (Å²) in [4.78, 5) is 25.8. The van der Waals surface area contributed by atoms with Crippen LogP contribution in [0.3, 0.4) is 0 Å². The maximum absolute atomic E-state index is 12.6. The van der Waals surface area contributed by atoms with Gasteiger partial charge in [0.25, 0.3) is 0 Å². The van der Waals surface area contributed by atoms with Gasteiger partial charge < -0.3 is 9.64 Å². The van der Waals surface area contributed by atoms with Crippen LogP contribution < -0.4 is 4.90 Å². The van der Waals surface area contributed by atoms with Gasteiger partial charge in [0.2, 0.25) is 10.1 Å². The molecule has 1 fully saturated rings. The summed E-state index contributed by atoms with van der Waals surface area (Å²) in [5.41, 5.74) is 0. The van der Waals surface area contributed by atoms with Crippen molar-refractivity contribution in [2.24, 2.45) is 0 Å². The largest absolute Gasteiger partial charge is 0.445 e. The molecular weight excluding hydrogens is 393 g/mol. The van der Waals surface area contributed by atoms with E-state index in [0.717, 1.165) is 4.90 Å². The molecule has 0 N–H and O–H groups in total. The molecule has 12 heteroatoms. The minimum Gasteiger partial charge on any atom is -0.440 e. The van der Waals surface area contributed by atoms with Crippen molar-refractivity contribution >= 4 is 44.4 Å². The van der Waals surface area contributed by atoms with Crippen molar-refractivity contribution in [3.8, 4) is 0 Å². The Morgan fingerprint density at radius 3 is 2.73 bits per heavy atom. The smallest absolute Gasteiger partial charge is 0.440 e. The number of ether oxygens (including phenoxy) is 1. The Morgan fingerprint density at radius 1 is 1.50 bits per heavy atom. The Labute approximate surface area is 135 Å². The van der Waals surface area contributed by atoms with E-state index in [1.165, 1.54) is 11.9 Å². The molecule has 22 heavy (non-hydrogen) atoms. The second kappa shape index (κ2) is 6.36. The number of carbonyl (C=O) groups is 2. The molecule has 122 valence electrons. The minimum atomic E-state index is -4.65. The van der Waals surface area contributed by atoms with Crippen LogP contribution in [0.25, 0.3) is 0 Å². The van der Waals surface area contributed by atoms with Crippen molar-refractivity contribution in [3.05, 3.63) is 5.01 Å². The molecule has 0 saturated carbocycles. The number of alkyl halides is 4. The third-order valence-electron chi connectivity index (χ3n) is 2.77. The zero-order chi connectivity index (χ0) is 16.5. The first-order valence-corrected chi connectivity index (χ1v) is 7.88. The molecule has 2 amide bonds. The van der Waals surface area contributed by atoms with Crippen LogP contribution in [0, 0.1) is 0 Å². The third-order valence-corrected chi connectivity index (χ3v) is 4.20. The Hall–Kier alpha value is -1.43. The van der Waals surface area contributed by atoms with Gasteiger partial charge in [-0.15, -0.1) is 10.2 Å². The van der Waals surface area contributed by atoms with E-state index in [-0.39, 0.29) is 28.2 Å². The lowest BCUT2D eigenvalue weighted by atomic mass is 10.3. The van der Waals surface area contributed by atoms with Crippen LogP contribution in [0.1, 0.15) is 11.4 Å². The molecule has 1 atom stereocenters. The van der Waals surface area contributed by atoms with E-state index in [2.05, 4.69) is 26.1 Å². The quantitative estimate of drug-likeness (QED) is 0.571. The first kappa shape index (κ1) is 16.9. The number of aromatic nitrogens is 2. The summed E-state index contributed by atoms with van der Waals surface area (Å²) < 4.78 is 42.9. The normalized spacial score (nSPS) is 19.5. The zero-order valence-corrected chi connectivity index (χ0v) is 13.5. The van der Waals surface area contributed by atoms with Crippen molar-refractivity contribution in [1.29, 1.82) is 0 Å². The maximum Gasteiger partial charge on any atom is 0.445 e. The van der Waals surface area contributed by atoms with E-state index < -0.39 is 29.4 Å². The van der Waals surface area contributed by atoms with Gasteiger partial charge >= 0.3 is 18.2 Å². The predicted octanol–water partition coefficient (Wildman–Crippen LogP) is 2.08. The van der Waals surface area contributed by atoms with Crippen molar-refractivity contribution in [2.45, 2.75) is 18.8 Å². The number of amides is 2. The average Bonchev–Trinajstić information content (AvgIpc) is 2.92. The lowest BCUT2D eigenvalue weighted by Crippen LogP contribution is -2.54. The highest BCUT2D eigenvalue weighted by atomic mass is 79.9. The third kappa shape index (κ3) is 3.48. The average molecular weight is 403 g/mol. The van der Waals surface area contributed by atoms with Crippen molar-refractivity contribution in [1.82, 2.24) is 15.1 Å². The second-order valence-electron chi connectivity index (χ2n) is 4.33. The van der Waals surface area contributed by atoms with Gasteiger partial charge in [-0.3, -0.25) is 4.79 Å². The molecule has 0 bridgehead atoms. The number of esters is 1. The van der Waals surface area contributed by atoms with Crippen molar-refractivity contribution < 1.29 is 27.5 Å². The number of hydrogen-bond donors (Lipinski definition) is 0. The topological polar surface area (TPSA) is 75.6 Å². The Balaban J connectivity index is 2.30. The summed E-state index contributed by atoms with van der Waals surface area (Å²) in [5.74, 6) is -0.632.